The maximum atomic E-state index is 9.60. The number of hydrogen-bond donors (Lipinski definition) is 1. The maximum absolute atomic E-state index is 9.60. The van der Waals surface area contributed by atoms with Gasteiger partial charge in [-0.1, -0.05) is 20.3 Å². The van der Waals surface area contributed by atoms with E-state index in [9.17, 15) is 5.11 Å². The van der Waals surface area contributed by atoms with Crippen LogP contribution in [0.5, 0.6) is 0 Å². The van der Waals surface area contributed by atoms with Crippen LogP contribution < -0.4 is 0 Å². The van der Waals surface area contributed by atoms with Crippen LogP contribution in [0, 0.1) is 5.92 Å². The first-order valence-electron chi connectivity index (χ1n) is 5.67. The fourth-order valence-corrected chi connectivity index (χ4v) is 1.56. The molecule has 0 radical (unpaired) electrons. The van der Waals surface area contributed by atoms with E-state index in [0.29, 0.717) is 12.3 Å². The summed E-state index contributed by atoms with van der Waals surface area (Å²) in [6.45, 7) is 5.00. The Kier molecular flexibility index (Phi) is 5.45. The molecule has 14 heavy (non-hydrogen) atoms. The highest BCUT2D eigenvalue weighted by molar-refractivity contribution is 4.57. The van der Waals surface area contributed by atoms with Crippen molar-refractivity contribution in [2.45, 2.75) is 58.5 Å². The molecule has 0 aliphatic carbocycles. The number of ether oxygens (including phenoxy) is 2. The topological polar surface area (TPSA) is 38.7 Å². The van der Waals surface area contributed by atoms with E-state index in [2.05, 4.69) is 13.8 Å². The zero-order valence-corrected chi connectivity index (χ0v) is 9.24. The second kappa shape index (κ2) is 6.38. The molecule has 0 aromatic carbocycles. The van der Waals surface area contributed by atoms with Gasteiger partial charge in [0, 0.05) is 13.0 Å². The van der Waals surface area contributed by atoms with Crippen LogP contribution in [0.2, 0.25) is 0 Å². The normalized spacial score (nSPS) is 27.2. The standard InChI is InChI=1S/C11H22O3/c1-3-9(2)8-10(12)14-11-6-4-5-7-13-11/h9-12H,3-8H2,1-2H3. The molecule has 3 heteroatoms. The highest BCUT2D eigenvalue weighted by Gasteiger charge is 2.19. The molecule has 1 rings (SSSR count). The molecule has 1 N–H and O–H groups in total. The van der Waals surface area contributed by atoms with E-state index in [0.717, 1.165) is 32.3 Å². The summed E-state index contributed by atoms with van der Waals surface area (Å²) in [6.07, 6.45) is 4.11. The second-order valence-electron chi connectivity index (χ2n) is 4.14. The summed E-state index contributed by atoms with van der Waals surface area (Å²) in [5.74, 6) is 0.508. The quantitative estimate of drug-likeness (QED) is 0.695. The summed E-state index contributed by atoms with van der Waals surface area (Å²) in [5.41, 5.74) is 0. The number of aliphatic hydroxyl groups excluding tert-OH is 1. The lowest BCUT2D eigenvalue weighted by molar-refractivity contribution is -0.244. The van der Waals surface area contributed by atoms with Crippen molar-refractivity contribution in [3.8, 4) is 0 Å². The van der Waals surface area contributed by atoms with Crippen LogP contribution >= 0.6 is 0 Å². The SMILES string of the molecule is CCC(C)CC(O)OC1CCCCO1. The van der Waals surface area contributed by atoms with Gasteiger partial charge < -0.3 is 14.6 Å². The lowest BCUT2D eigenvalue weighted by Gasteiger charge is -2.26. The van der Waals surface area contributed by atoms with Gasteiger partial charge in [0.25, 0.3) is 0 Å². The van der Waals surface area contributed by atoms with Crippen molar-refractivity contribution in [3.05, 3.63) is 0 Å². The van der Waals surface area contributed by atoms with E-state index in [4.69, 9.17) is 9.47 Å². The van der Waals surface area contributed by atoms with Gasteiger partial charge in [0.15, 0.2) is 12.6 Å². The van der Waals surface area contributed by atoms with Gasteiger partial charge in [-0.05, 0) is 25.2 Å². The summed E-state index contributed by atoms with van der Waals surface area (Å²) in [5, 5.41) is 9.60. The fraction of sp³-hybridized carbons (Fsp3) is 1.00. The Labute approximate surface area is 86.4 Å². The first kappa shape index (κ1) is 12.0. The smallest absolute Gasteiger partial charge is 0.160 e. The molecule has 0 bridgehead atoms. The minimum Gasteiger partial charge on any atom is -0.368 e. The molecule has 0 spiro atoms. The van der Waals surface area contributed by atoms with Crippen molar-refractivity contribution in [3.63, 3.8) is 0 Å². The third-order valence-electron chi connectivity index (χ3n) is 2.75. The Balaban J connectivity index is 2.14. The summed E-state index contributed by atoms with van der Waals surface area (Å²) in [4.78, 5) is 0. The maximum Gasteiger partial charge on any atom is 0.160 e. The molecule has 3 atom stereocenters. The van der Waals surface area contributed by atoms with Crippen LogP contribution in [0.4, 0.5) is 0 Å². The van der Waals surface area contributed by atoms with Crippen LogP contribution in [-0.2, 0) is 9.47 Å². The van der Waals surface area contributed by atoms with Gasteiger partial charge in [0.2, 0.25) is 0 Å². The molecule has 0 aromatic heterocycles. The molecular weight excluding hydrogens is 180 g/mol. The third-order valence-corrected chi connectivity index (χ3v) is 2.75. The first-order valence-corrected chi connectivity index (χ1v) is 5.67. The molecule has 1 fully saturated rings. The van der Waals surface area contributed by atoms with Crippen molar-refractivity contribution in [1.29, 1.82) is 0 Å². The lowest BCUT2D eigenvalue weighted by atomic mass is 10.1. The Hall–Kier alpha value is -0.120. The van der Waals surface area contributed by atoms with Crippen LogP contribution in [0.3, 0.4) is 0 Å². The highest BCUT2D eigenvalue weighted by Crippen LogP contribution is 2.18. The zero-order chi connectivity index (χ0) is 10.4. The number of rotatable bonds is 5. The zero-order valence-electron chi connectivity index (χ0n) is 9.24. The molecule has 0 saturated carbocycles. The van der Waals surface area contributed by atoms with Crippen molar-refractivity contribution in [1.82, 2.24) is 0 Å². The van der Waals surface area contributed by atoms with Crippen LogP contribution in [0.1, 0.15) is 46.0 Å². The van der Waals surface area contributed by atoms with Gasteiger partial charge in [0.05, 0.1) is 0 Å². The number of aliphatic hydroxyl groups is 1. The van der Waals surface area contributed by atoms with Crippen LogP contribution in [-0.4, -0.2) is 24.3 Å². The van der Waals surface area contributed by atoms with E-state index in [1.54, 1.807) is 0 Å². The Morgan fingerprint density at radius 2 is 2.29 bits per heavy atom. The number of hydrogen-bond acceptors (Lipinski definition) is 3. The average Bonchev–Trinajstić information content (AvgIpc) is 2.19. The van der Waals surface area contributed by atoms with Crippen molar-refractivity contribution in [2.75, 3.05) is 6.61 Å². The van der Waals surface area contributed by atoms with E-state index in [1.807, 2.05) is 0 Å². The minimum absolute atomic E-state index is 0.178. The predicted octanol–water partition coefficient (Wildman–Crippen LogP) is 2.28. The molecule has 0 aromatic rings. The molecule has 1 heterocycles. The summed E-state index contributed by atoms with van der Waals surface area (Å²) in [6, 6.07) is 0. The Bertz CT molecular complexity index is 143. The summed E-state index contributed by atoms with van der Waals surface area (Å²) in [7, 11) is 0. The molecule has 1 aliphatic heterocycles. The predicted molar refractivity (Wildman–Crippen MR) is 54.8 cm³/mol. The van der Waals surface area contributed by atoms with Gasteiger partial charge in [-0.25, -0.2) is 0 Å². The Morgan fingerprint density at radius 3 is 2.86 bits per heavy atom. The molecule has 1 saturated heterocycles. The van der Waals surface area contributed by atoms with Gasteiger partial charge in [-0.3, -0.25) is 0 Å². The van der Waals surface area contributed by atoms with E-state index in [1.165, 1.54) is 0 Å². The van der Waals surface area contributed by atoms with E-state index in [-0.39, 0.29) is 6.29 Å². The largest absolute Gasteiger partial charge is 0.368 e. The third kappa shape index (κ3) is 4.40. The van der Waals surface area contributed by atoms with Crippen molar-refractivity contribution in [2.24, 2.45) is 5.92 Å². The monoisotopic (exact) mass is 202 g/mol. The molecule has 3 unspecified atom stereocenters. The van der Waals surface area contributed by atoms with Crippen molar-refractivity contribution >= 4 is 0 Å². The van der Waals surface area contributed by atoms with Crippen LogP contribution in [0.25, 0.3) is 0 Å². The minimum atomic E-state index is -0.659. The summed E-state index contributed by atoms with van der Waals surface area (Å²) >= 11 is 0. The molecule has 84 valence electrons. The highest BCUT2D eigenvalue weighted by atomic mass is 16.7. The first-order chi connectivity index (χ1) is 6.72. The van der Waals surface area contributed by atoms with Gasteiger partial charge in [0.1, 0.15) is 0 Å². The van der Waals surface area contributed by atoms with Crippen LogP contribution in [0.15, 0.2) is 0 Å². The van der Waals surface area contributed by atoms with Gasteiger partial charge in [-0.15, -0.1) is 0 Å². The molecule has 3 nitrogen and oxygen atoms in total. The Morgan fingerprint density at radius 1 is 1.50 bits per heavy atom. The van der Waals surface area contributed by atoms with Gasteiger partial charge in [-0.2, -0.15) is 0 Å². The summed E-state index contributed by atoms with van der Waals surface area (Å²) < 4.78 is 10.8. The van der Waals surface area contributed by atoms with Gasteiger partial charge >= 0.3 is 0 Å². The van der Waals surface area contributed by atoms with E-state index >= 15 is 0 Å². The molecule has 1 aliphatic rings. The molecule has 0 amide bonds. The fourth-order valence-electron chi connectivity index (χ4n) is 1.56. The lowest BCUT2D eigenvalue weighted by Crippen LogP contribution is -2.28. The van der Waals surface area contributed by atoms with E-state index < -0.39 is 6.29 Å². The molecular formula is C11H22O3. The van der Waals surface area contributed by atoms with Crippen molar-refractivity contribution < 1.29 is 14.6 Å². The second-order valence-corrected chi connectivity index (χ2v) is 4.14. The average molecular weight is 202 g/mol.